The van der Waals surface area contributed by atoms with E-state index in [1.807, 2.05) is 0 Å². The minimum Gasteiger partial charge on any atom is -0.456 e. The van der Waals surface area contributed by atoms with Crippen LogP contribution in [-0.2, 0) is 0 Å². The fraction of sp³-hybridized carbons (Fsp3) is 0.0714. The second-order valence-electron chi connectivity index (χ2n) is 4.17. The lowest BCUT2D eigenvalue weighted by Gasteiger charge is -2.08. The highest BCUT2D eigenvalue weighted by molar-refractivity contribution is 9.10. The Morgan fingerprint density at radius 3 is 2.52 bits per heavy atom. The minimum absolute atomic E-state index is 0.0939. The van der Waals surface area contributed by atoms with E-state index in [0.29, 0.717) is 15.8 Å². The highest BCUT2D eigenvalue weighted by atomic mass is 79.9. The minimum atomic E-state index is -0.978. The van der Waals surface area contributed by atoms with Gasteiger partial charge in [0.2, 0.25) is 5.82 Å². The van der Waals surface area contributed by atoms with Gasteiger partial charge in [-0.05, 0) is 47.1 Å². The van der Waals surface area contributed by atoms with Crippen molar-refractivity contribution in [2.45, 2.75) is 6.92 Å². The molecule has 0 aliphatic carbocycles. The molecule has 5 nitrogen and oxygen atoms in total. The van der Waals surface area contributed by atoms with Gasteiger partial charge >= 0.3 is 5.69 Å². The third-order valence-corrected chi connectivity index (χ3v) is 3.30. The number of carbonyl (C=O) groups excluding carboxylic acids is 1. The molecule has 108 valence electrons. The second kappa shape index (κ2) is 6.01. The zero-order valence-electron chi connectivity index (χ0n) is 10.8. The van der Waals surface area contributed by atoms with E-state index in [2.05, 4.69) is 15.9 Å². The number of rotatable bonds is 4. The molecule has 0 spiro atoms. The van der Waals surface area contributed by atoms with Crippen LogP contribution in [0.1, 0.15) is 17.3 Å². The van der Waals surface area contributed by atoms with Gasteiger partial charge in [-0.25, -0.2) is 0 Å². The van der Waals surface area contributed by atoms with Crippen LogP contribution in [0.2, 0.25) is 0 Å². The molecule has 2 aromatic rings. The van der Waals surface area contributed by atoms with E-state index in [1.165, 1.54) is 13.0 Å². The average molecular weight is 354 g/mol. The summed E-state index contributed by atoms with van der Waals surface area (Å²) in [4.78, 5) is 21.0. The third-order valence-electron chi connectivity index (χ3n) is 2.68. The Kier molecular flexibility index (Phi) is 4.32. The van der Waals surface area contributed by atoms with Gasteiger partial charge in [-0.2, -0.15) is 4.39 Å². The maximum Gasteiger partial charge on any atom is 0.305 e. The summed E-state index contributed by atoms with van der Waals surface area (Å²) in [6.45, 7) is 1.44. The Bertz CT molecular complexity index is 733. The molecule has 2 aromatic carbocycles. The Morgan fingerprint density at radius 1 is 1.29 bits per heavy atom. The number of nitro benzene ring substituents is 1. The molecule has 0 heterocycles. The highest BCUT2D eigenvalue weighted by Gasteiger charge is 2.15. The molecule has 7 heteroatoms. The van der Waals surface area contributed by atoms with Gasteiger partial charge in [0.1, 0.15) is 11.5 Å². The van der Waals surface area contributed by atoms with E-state index in [9.17, 15) is 19.3 Å². The number of halogens is 2. The molecule has 21 heavy (non-hydrogen) atoms. The van der Waals surface area contributed by atoms with Crippen molar-refractivity contribution < 1.29 is 18.8 Å². The summed E-state index contributed by atoms with van der Waals surface area (Å²) in [7, 11) is 0. The molecule has 0 bridgehead atoms. The number of carbonyl (C=O) groups is 1. The van der Waals surface area contributed by atoms with Gasteiger partial charge in [0, 0.05) is 17.7 Å². The van der Waals surface area contributed by atoms with Gasteiger partial charge in [-0.1, -0.05) is 0 Å². The van der Waals surface area contributed by atoms with Crippen molar-refractivity contribution in [3.63, 3.8) is 0 Å². The first kappa shape index (κ1) is 15.1. The number of nitrogens with zero attached hydrogens (tertiary/aromatic N) is 1. The van der Waals surface area contributed by atoms with Gasteiger partial charge in [-0.3, -0.25) is 14.9 Å². The first-order valence-electron chi connectivity index (χ1n) is 5.81. The number of ketones is 1. The quantitative estimate of drug-likeness (QED) is 0.461. The summed E-state index contributed by atoms with van der Waals surface area (Å²) in [6, 6.07) is 7.97. The molecule has 0 fully saturated rings. The number of nitro groups is 1. The van der Waals surface area contributed by atoms with Crippen LogP contribution in [0.25, 0.3) is 0 Å². The average Bonchev–Trinajstić information content (AvgIpc) is 2.40. The Morgan fingerprint density at radius 2 is 2.00 bits per heavy atom. The molecule has 0 N–H and O–H groups in total. The summed E-state index contributed by atoms with van der Waals surface area (Å²) < 4.78 is 19.5. The third kappa shape index (κ3) is 3.43. The van der Waals surface area contributed by atoms with Gasteiger partial charge < -0.3 is 4.74 Å². The van der Waals surface area contributed by atoms with E-state index in [-0.39, 0.29) is 11.5 Å². The van der Waals surface area contributed by atoms with Crippen LogP contribution in [0.4, 0.5) is 10.1 Å². The monoisotopic (exact) mass is 353 g/mol. The molecular weight excluding hydrogens is 345 g/mol. The number of hydrogen-bond donors (Lipinski definition) is 0. The van der Waals surface area contributed by atoms with E-state index in [4.69, 9.17) is 4.74 Å². The summed E-state index contributed by atoms with van der Waals surface area (Å²) >= 11 is 3.25. The normalized spacial score (nSPS) is 10.2. The molecule has 0 aliphatic rings. The van der Waals surface area contributed by atoms with E-state index >= 15 is 0 Å². The molecule has 0 saturated carbocycles. The Labute approximate surface area is 127 Å². The Balaban J connectivity index is 2.28. The van der Waals surface area contributed by atoms with Crippen LogP contribution in [-0.4, -0.2) is 10.7 Å². The predicted octanol–water partition coefficient (Wildman–Crippen LogP) is 4.49. The summed E-state index contributed by atoms with van der Waals surface area (Å²) in [6.07, 6.45) is 0. The zero-order chi connectivity index (χ0) is 15.6. The van der Waals surface area contributed by atoms with Crippen LogP contribution in [0, 0.1) is 15.9 Å². The predicted molar refractivity (Wildman–Crippen MR) is 77.3 cm³/mol. The zero-order valence-corrected chi connectivity index (χ0v) is 12.4. The maximum atomic E-state index is 13.5. The van der Waals surface area contributed by atoms with Crippen LogP contribution < -0.4 is 4.74 Å². The van der Waals surface area contributed by atoms with Gasteiger partial charge in [0.15, 0.2) is 5.78 Å². The lowest BCUT2D eigenvalue weighted by Crippen LogP contribution is -1.95. The molecule has 0 amide bonds. The molecule has 0 unspecified atom stereocenters. The number of ether oxygens (including phenoxy) is 1. The van der Waals surface area contributed by atoms with Crippen molar-refractivity contribution in [2.24, 2.45) is 0 Å². The molecular formula is C14H9BrFNO4. The van der Waals surface area contributed by atoms with Crippen LogP contribution in [0.5, 0.6) is 11.5 Å². The topological polar surface area (TPSA) is 69.4 Å². The molecule has 0 aliphatic heterocycles. The first-order valence-corrected chi connectivity index (χ1v) is 6.60. The van der Waals surface area contributed by atoms with Gasteiger partial charge in [-0.15, -0.1) is 0 Å². The lowest BCUT2D eigenvalue weighted by molar-refractivity contribution is -0.387. The molecule has 0 aromatic heterocycles. The van der Waals surface area contributed by atoms with Crippen molar-refractivity contribution in [3.8, 4) is 11.5 Å². The van der Waals surface area contributed by atoms with Crippen LogP contribution in [0.3, 0.4) is 0 Å². The van der Waals surface area contributed by atoms with E-state index < -0.39 is 16.4 Å². The van der Waals surface area contributed by atoms with Crippen molar-refractivity contribution >= 4 is 27.4 Å². The fourth-order valence-corrected chi connectivity index (χ4v) is 2.09. The number of benzene rings is 2. The maximum absolute atomic E-state index is 13.5. The highest BCUT2D eigenvalue weighted by Crippen LogP contribution is 2.32. The SMILES string of the molecule is CC(=O)c1ccc(Oc2ccc([N+](=O)[O-])c(F)c2)c(Br)c1. The van der Waals surface area contributed by atoms with Crippen LogP contribution in [0.15, 0.2) is 40.9 Å². The summed E-state index contributed by atoms with van der Waals surface area (Å²) in [5.41, 5.74) is -0.113. The molecule has 0 atom stereocenters. The van der Waals surface area contributed by atoms with Crippen molar-refractivity contribution in [3.05, 3.63) is 62.4 Å². The number of Topliss-reactive ketones (excluding diaryl/α,β-unsaturated/α-hetero) is 1. The lowest BCUT2D eigenvalue weighted by atomic mass is 10.1. The van der Waals surface area contributed by atoms with Crippen molar-refractivity contribution in [1.82, 2.24) is 0 Å². The molecule has 0 radical (unpaired) electrons. The van der Waals surface area contributed by atoms with E-state index in [0.717, 1.165) is 12.1 Å². The van der Waals surface area contributed by atoms with Crippen LogP contribution >= 0.6 is 15.9 Å². The summed E-state index contributed by atoms with van der Waals surface area (Å²) in [5.74, 6) is -0.583. The van der Waals surface area contributed by atoms with Crippen molar-refractivity contribution in [1.29, 1.82) is 0 Å². The Hall–Kier alpha value is -2.28. The number of hydrogen-bond acceptors (Lipinski definition) is 4. The van der Waals surface area contributed by atoms with Crippen molar-refractivity contribution in [2.75, 3.05) is 0 Å². The van der Waals surface area contributed by atoms with Gasteiger partial charge in [0.25, 0.3) is 0 Å². The smallest absolute Gasteiger partial charge is 0.305 e. The molecule has 0 saturated heterocycles. The summed E-state index contributed by atoms with van der Waals surface area (Å²) in [5, 5.41) is 10.5. The first-order chi connectivity index (χ1) is 9.88. The fourth-order valence-electron chi connectivity index (χ4n) is 1.63. The largest absolute Gasteiger partial charge is 0.456 e. The standard InChI is InChI=1S/C14H9BrFNO4/c1-8(18)9-2-5-14(11(15)6-9)21-10-3-4-13(17(19)20)12(16)7-10/h2-7H,1H3. The van der Waals surface area contributed by atoms with Gasteiger partial charge in [0.05, 0.1) is 9.40 Å². The second-order valence-corrected chi connectivity index (χ2v) is 5.03. The molecule has 2 rings (SSSR count). The van der Waals surface area contributed by atoms with E-state index in [1.54, 1.807) is 18.2 Å².